The zero-order chi connectivity index (χ0) is 29.1. The molecule has 1 amide bonds. The van der Waals surface area contributed by atoms with Gasteiger partial charge in [0.25, 0.3) is 15.9 Å². The maximum absolute atomic E-state index is 12.8. The molecule has 0 atom stereocenters. The normalized spacial score (nSPS) is 11.6. The zero-order valence-corrected chi connectivity index (χ0v) is 24.4. The van der Waals surface area contributed by atoms with Crippen molar-refractivity contribution in [3.63, 3.8) is 0 Å². The van der Waals surface area contributed by atoms with Crippen LogP contribution in [0.5, 0.6) is 0 Å². The van der Waals surface area contributed by atoms with Crippen LogP contribution < -0.4 is 14.3 Å². The predicted molar refractivity (Wildman–Crippen MR) is 160 cm³/mol. The Labute approximate surface area is 239 Å². The number of nitrogens with one attached hydrogen (secondary N) is 2. The predicted octanol–water partition coefficient (Wildman–Crippen LogP) is 5.98. The van der Waals surface area contributed by atoms with Crippen LogP contribution in [-0.2, 0) is 26.6 Å². The Bertz CT molecular complexity index is 1760. The van der Waals surface area contributed by atoms with Crippen molar-refractivity contribution in [2.45, 2.75) is 25.3 Å². The molecule has 4 aromatic rings. The number of benzene rings is 4. The molecule has 0 aliphatic carbocycles. The van der Waals surface area contributed by atoms with Gasteiger partial charge < -0.3 is 5.32 Å². The molecule has 0 fully saturated rings. The number of amides is 1. The van der Waals surface area contributed by atoms with Crippen LogP contribution >= 0.6 is 11.6 Å². The fraction of sp³-hybridized carbons (Fsp3) is 0.138. The van der Waals surface area contributed by atoms with E-state index in [2.05, 4.69) is 10.0 Å². The van der Waals surface area contributed by atoms with Gasteiger partial charge in [0.05, 0.1) is 29.1 Å². The van der Waals surface area contributed by atoms with E-state index in [4.69, 9.17) is 11.6 Å². The minimum absolute atomic E-state index is 0.0237. The Kier molecular flexibility index (Phi) is 8.53. The summed E-state index contributed by atoms with van der Waals surface area (Å²) in [5, 5.41) is 3.19. The third-order valence-electron chi connectivity index (χ3n) is 6.08. The van der Waals surface area contributed by atoms with Gasteiger partial charge in [-0.3, -0.25) is 13.8 Å². The summed E-state index contributed by atoms with van der Waals surface area (Å²) in [5.41, 5.74) is 4.16. The van der Waals surface area contributed by atoms with Crippen LogP contribution in [0.25, 0.3) is 0 Å². The number of sulfonamides is 2. The Morgan fingerprint density at radius 2 is 1.48 bits per heavy atom. The quantitative estimate of drug-likeness (QED) is 0.247. The topological polar surface area (TPSA) is 113 Å². The summed E-state index contributed by atoms with van der Waals surface area (Å²) in [6.45, 7) is 3.83. The molecular formula is C29H28ClN3O5S2. The third-order valence-corrected chi connectivity index (χ3v) is 9.02. The van der Waals surface area contributed by atoms with Crippen LogP contribution in [-0.4, -0.2) is 29.0 Å². The number of carbonyl (C=O) groups is 1. The highest BCUT2D eigenvalue weighted by Crippen LogP contribution is 2.24. The third kappa shape index (κ3) is 7.20. The number of aryl methyl sites for hydroxylation is 2. The minimum Gasteiger partial charge on any atom is -0.322 e. The molecule has 0 unspecified atom stereocenters. The first-order valence-electron chi connectivity index (χ1n) is 12.2. The van der Waals surface area contributed by atoms with Gasteiger partial charge in [0.1, 0.15) is 0 Å². The molecule has 2 N–H and O–H groups in total. The van der Waals surface area contributed by atoms with Gasteiger partial charge in [0, 0.05) is 16.3 Å². The van der Waals surface area contributed by atoms with E-state index in [-0.39, 0.29) is 11.4 Å². The maximum Gasteiger partial charge on any atom is 0.261 e. The largest absolute Gasteiger partial charge is 0.322 e. The van der Waals surface area contributed by atoms with Crippen LogP contribution in [0.1, 0.15) is 27.0 Å². The number of hydrogen-bond acceptors (Lipinski definition) is 5. The van der Waals surface area contributed by atoms with Gasteiger partial charge >= 0.3 is 0 Å². The van der Waals surface area contributed by atoms with E-state index in [1.807, 2.05) is 19.9 Å². The van der Waals surface area contributed by atoms with E-state index < -0.39 is 26.0 Å². The summed E-state index contributed by atoms with van der Waals surface area (Å²) in [6, 6.07) is 24.5. The van der Waals surface area contributed by atoms with Crippen molar-refractivity contribution in [3.8, 4) is 0 Å². The second-order valence-electron chi connectivity index (χ2n) is 9.35. The van der Waals surface area contributed by atoms with Gasteiger partial charge in [-0.15, -0.1) is 0 Å². The van der Waals surface area contributed by atoms with Crippen molar-refractivity contribution in [1.29, 1.82) is 0 Å². The molecule has 0 aliphatic heterocycles. The number of halogens is 1. The molecule has 0 saturated carbocycles. The van der Waals surface area contributed by atoms with Crippen LogP contribution in [0.4, 0.5) is 17.1 Å². The first kappa shape index (κ1) is 29.1. The fourth-order valence-corrected chi connectivity index (χ4v) is 6.01. The molecule has 0 saturated heterocycles. The Hall–Kier alpha value is -3.86. The number of nitrogens with zero attached hydrogens (tertiary/aromatic N) is 1. The van der Waals surface area contributed by atoms with Crippen molar-refractivity contribution in [3.05, 3.63) is 118 Å². The standard InChI is InChI=1S/C29H28ClN3O5S2/c1-20-5-4-6-26(17-20)33(39(3,35)36)19-22-8-10-23(11-9-22)29(34)31-24-13-15-27(16-14-24)40(37,38)32-25-12-7-21(2)28(30)18-25/h4-18,32H,19H2,1-3H3,(H,31,34). The van der Waals surface area contributed by atoms with Gasteiger partial charge in [0.15, 0.2) is 0 Å². The SMILES string of the molecule is Cc1cccc(N(Cc2ccc(C(=O)Nc3ccc(S(=O)(=O)Nc4ccc(C)c(Cl)c4)cc3)cc2)S(C)(=O)=O)c1. The molecule has 0 heterocycles. The first-order valence-corrected chi connectivity index (χ1v) is 15.9. The number of rotatable bonds is 9. The Balaban J connectivity index is 1.42. The molecule has 40 heavy (non-hydrogen) atoms. The molecule has 0 radical (unpaired) electrons. The van der Waals surface area contributed by atoms with Crippen LogP contribution in [0.15, 0.2) is 95.9 Å². The molecule has 208 valence electrons. The second-order valence-corrected chi connectivity index (χ2v) is 13.3. The summed E-state index contributed by atoms with van der Waals surface area (Å²) in [4.78, 5) is 12.8. The van der Waals surface area contributed by atoms with Crippen LogP contribution in [0.2, 0.25) is 5.02 Å². The van der Waals surface area contributed by atoms with Crippen LogP contribution in [0, 0.1) is 13.8 Å². The van der Waals surface area contributed by atoms with Gasteiger partial charge in [-0.2, -0.15) is 0 Å². The number of carbonyl (C=O) groups excluding carboxylic acids is 1. The molecule has 0 aliphatic rings. The molecule has 0 bridgehead atoms. The maximum atomic E-state index is 12.8. The van der Waals surface area contributed by atoms with E-state index in [9.17, 15) is 21.6 Å². The fourth-order valence-electron chi connectivity index (χ4n) is 3.90. The lowest BCUT2D eigenvalue weighted by molar-refractivity contribution is 0.102. The highest BCUT2D eigenvalue weighted by atomic mass is 35.5. The van der Waals surface area contributed by atoms with E-state index in [0.29, 0.717) is 33.2 Å². The van der Waals surface area contributed by atoms with Crippen molar-refractivity contribution in [2.24, 2.45) is 0 Å². The lowest BCUT2D eigenvalue weighted by Crippen LogP contribution is -2.29. The van der Waals surface area contributed by atoms with E-state index >= 15 is 0 Å². The van der Waals surface area contributed by atoms with Gasteiger partial charge in [-0.05, 0) is 91.2 Å². The summed E-state index contributed by atoms with van der Waals surface area (Å²) < 4.78 is 54.2. The molecule has 4 aromatic carbocycles. The van der Waals surface area contributed by atoms with E-state index in [1.165, 1.54) is 34.6 Å². The van der Waals surface area contributed by atoms with Gasteiger partial charge in [0.2, 0.25) is 10.0 Å². The summed E-state index contributed by atoms with van der Waals surface area (Å²) in [7, 11) is -7.39. The average Bonchev–Trinajstić information content (AvgIpc) is 2.89. The molecule has 0 aromatic heterocycles. The van der Waals surface area contributed by atoms with Crippen LogP contribution in [0.3, 0.4) is 0 Å². The first-order chi connectivity index (χ1) is 18.8. The van der Waals surface area contributed by atoms with Crippen molar-refractivity contribution < 1.29 is 21.6 Å². The lowest BCUT2D eigenvalue weighted by atomic mass is 10.1. The minimum atomic E-state index is -3.86. The Morgan fingerprint density at radius 3 is 2.08 bits per heavy atom. The Morgan fingerprint density at radius 1 is 0.825 bits per heavy atom. The average molecular weight is 598 g/mol. The van der Waals surface area contributed by atoms with Crippen molar-refractivity contribution in [1.82, 2.24) is 0 Å². The van der Waals surface area contributed by atoms with E-state index in [1.54, 1.807) is 54.6 Å². The monoisotopic (exact) mass is 597 g/mol. The molecule has 0 spiro atoms. The van der Waals surface area contributed by atoms with Gasteiger partial charge in [-0.1, -0.05) is 41.9 Å². The molecular weight excluding hydrogens is 570 g/mol. The highest BCUT2D eigenvalue weighted by molar-refractivity contribution is 7.92. The zero-order valence-electron chi connectivity index (χ0n) is 22.1. The smallest absolute Gasteiger partial charge is 0.261 e. The number of hydrogen-bond donors (Lipinski definition) is 2. The van der Waals surface area contributed by atoms with Gasteiger partial charge in [-0.25, -0.2) is 16.8 Å². The molecule has 8 nitrogen and oxygen atoms in total. The molecule has 4 rings (SSSR count). The van der Waals surface area contributed by atoms with E-state index in [0.717, 1.165) is 17.4 Å². The second kappa shape index (κ2) is 11.7. The highest BCUT2D eigenvalue weighted by Gasteiger charge is 2.19. The summed E-state index contributed by atoms with van der Waals surface area (Å²) in [5.74, 6) is -0.395. The summed E-state index contributed by atoms with van der Waals surface area (Å²) >= 11 is 6.09. The summed E-state index contributed by atoms with van der Waals surface area (Å²) in [6.07, 6.45) is 1.15. The number of anilines is 3. The molecule has 11 heteroatoms. The van der Waals surface area contributed by atoms with Crippen molar-refractivity contribution in [2.75, 3.05) is 20.6 Å². The lowest BCUT2D eigenvalue weighted by Gasteiger charge is -2.23. The van der Waals surface area contributed by atoms with Crippen molar-refractivity contribution >= 4 is 54.6 Å².